The quantitative estimate of drug-likeness (QED) is 0.779. The van der Waals surface area contributed by atoms with Gasteiger partial charge in [-0.1, -0.05) is 0 Å². The van der Waals surface area contributed by atoms with Crippen LogP contribution in [0.15, 0.2) is 0 Å². The van der Waals surface area contributed by atoms with Gasteiger partial charge in [0.15, 0.2) is 0 Å². The molecule has 2 nitrogen and oxygen atoms in total. The summed E-state index contributed by atoms with van der Waals surface area (Å²) in [4.78, 5) is 2.80. The predicted octanol–water partition coefficient (Wildman–Crippen LogP) is 1.84. The van der Waals surface area contributed by atoms with Gasteiger partial charge in [0.2, 0.25) is 0 Å². The van der Waals surface area contributed by atoms with Gasteiger partial charge in [0.05, 0.1) is 0 Å². The summed E-state index contributed by atoms with van der Waals surface area (Å²) in [5, 5.41) is 0.933. The van der Waals surface area contributed by atoms with Gasteiger partial charge in [-0.25, -0.2) is 0 Å². The molecule has 3 fully saturated rings. The molecule has 0 aromatic rings. The summed E-state index contributed by atoms with van der Waals surface area (Å²) >= 11 is 2.20. The van der Waals surface area contributed by atoms with E-state index in [1.165, 1.54) is 50.8 Å². The van der Waals surface area contributed by atoms with Crippen LogP contribution in [0.25, 0.3) is 0 Å². The Kier molecular flexibility index (Phi) is 2.97. The third kappa shape index (κ3) is 2.06. The maximum atomic E-state index is 6.09. The highest BCUT2D eigenvalue weighted by Crippen LogP contribution is 2.37. The normalized spacial score (nSPS) is 46.2. The topological polar surface area (TPSA) is 29.3 Å². The fourth-order valence-electron chi connectivity index (χ4n) is 3.64. The minimum Gasteiger partial charge on any atom is -0.328 e. The second-order valence-corrected chi connectivity index (χ2v) is 6.86. The Bertz CT molecular complexity index is 214. The van der Waals surface area contributed by atoms with Crippen LogP contribution in [0.2, 0.25) is 0 Å². The molecular weight excluding hydrogens is 204 g/mol. The fourth-order valence-corrected chi connectivity index (χ4v) is 4.92. The largest absolute Gasteiger partial charge is 0.328 e. The predicted molar refractivity (Wildman–Crippen MR) is 66.2 cm³/mol. The zero-order chi connectivity index (χ0) is 10.3. The first kappa shape index (κ1) is 10.4. The Morgan fingerprint density at radius 1 is 1.13 bits per heavy atom. The van der Waals surface area contributed by atoms with Gasteiger partial charge in [-0.05, 0) is 44.3 Å². The van der Waals surface area contributed by atoms with E-state index < -0.39 is 0 Å². The standard InChI is InChI=1S/C12H22N2S/c13-9-6-10-3-4-11(7-9)14(10)8-12-2-1-5-15-12/h9-12H,1-8,13H2. The second kappa shape index (κ2) is 4.27. The van der Waals surface area contributed by atoms with Crippen molar-refractivity contribution in [3.63, 3.8) is 0 Å². The van der Waals surface area contributed by atoms with Gasteiger partial charge >= 0.3 is 0 Å². The monoisotopic (exact) mass is 226 g/mol. The Labute approximate surface area is 97.0 Å². The van der Waals surface area contributed by atoms with Crippen LogP contribution in [0.4, 0.5) is 0 Å². The Morgan fingerprint density at radius 3 is 2.47 bits per heavy atom. The van der Waals surface area contributed by atoms with Crippen molar-refractivity contribution in [1.29, 1.82) is 0 Å². The molecule has 3 aliphatic rings. The number of nitrogens with two attached hydrogens (primary N) is 1. The molecule has 0 saturated carbocycles. The van der Waals surface area contributed by atoms with Crippen molar-refractivity contribution in [3.8, 4) is 0 Å². The van der Waals surface area contributed by atoms with Gasteiger partial charge in [0.25, 0.3) is 0 Å². The molecule has 3 rings (SSSR count). The van der Waals surface area contributed by atoms with Crippen LogP contribution in [0, 0.1) is 0 Å². The molecule has 0 spiro atoms. The van der Waals surface area contributed by atoms with Crippen molar-refractivity contribution in [1.82, 2.24) is 4.90 Å². The van der Waals surface area contributed by atoms with E-state index in [9.17, 15) is 0 Å². The van der Waals surface area contributed by atoms with Crippen molar-refractivity contribution in [2.45, 2.75) is 61.9 Å². The van der Waals surface area contributed by atoms with Crippen LogP contribution in [0.1, 0.15) is 38.5 Å². The maximum absolute atomic E-state index is 6.09. The summed E-state index contributed by atoms with van der Waals surface area (Å²) in [5.74, 6) is 1.40. The summed E-state index contributed by atoms with van der Waals surface area (Å²) in [5.41, 5.74) is 6.09. The summed E-state index contributed by atoms with van der Waals surface area (Å²) in [6, 6.07) is 2.16. The van der Waals surface area contributed by atoms with E-state index in [1.807, 2.05) is 0 Å². The molecule has 86 valence electrons. The van der Waals surface area contributed by atoms with Gasteiger partial charge in [0, 0.05) is 29.9 Å². The molecular formula is C12H22N2S. The van der Waals surface area contributed by atoms with Crippen molar-refractivity contribution < 1.29 is 0 Å². The number of hydrogen-bond donors (Lipinski definition) is 1. The third-order valence-electron chi connectivity index (χ3n) is 4.36. The average molecular weight is 226 g/mol. The van der Waals surface area contributed by atoms with Gasteiger partial charge < -0.3 is 5.73 Å². The molecule has 3 atom stereocenters. The molecule has 0 radical (unpaired) electrons. The van der Waals surface area contributed by atoms with Crippen LogP contribution in [-0.2, 0) is 0 Å². The molecule has 3 unspecified atom stereocenters. The van der Waals surface area contributed by atoms with Crippen molar-refractivity contribution in [2.24, 2.45) is 5.73 Å². The molecule has 0 aromatic heterocycles. The van der Waals surface area contributed by atoms with E-state index >= 15 is 0 Å². The molecule has 0 amide bonds. The second-order valence-electron chi connectivity index (χ2n) is 5.45. The number of hydrogen-bond acceptors (Lipinski definition) is 3. The first-order chi connectivity index (χ1) is 7.33. The lowest BCUT2D eigenvalue weighted by atomic mass is 9.98. The highest BCUT2D eigenvalue weighted by Gasteiger charge is 2.40. The van der Waals surface area contributed by atoms with E-state index in [2.05, 4.69) is 16.7 Å². The van der Waals surface area contributed by atoms with E-state index in [4.69, 9.17) is 5.73 Å². The van der Waals surface area contributed by atoms with Gasteiger partial charge in [-0.2, -0.15) is 11.8 Å². The van der Waals surface area contributed by atoms with Crippen molar-refractivity contribution >= 4 is 11.8 Å². The Balaban J connectivity index is 1.61. The SMILES string of the molecule is NC1CC2CCC(C1)N2CC1CCCS1. The third-order valence-corrected chi connectivity index (χ3v) is 5.74. The van der Waals surface area contributed by atoms with Gasteiger partial charge in [-0.15, -0.1) is 0 Å². The summed E-state index contributed by atoms with van der Waals surface area (Å²) in [7, 11) is 0. The zero-order valence-corrected chi connectivity index (χ0v) is 10.2. The lowest BCUT2D eigenvalue weighted by molar-refractivity contribution is 0.128. The van der Waals surface area contributed by atoms with Crippen LogP contribution < -0.4 is 5.73 Å². The minimum atomic E-state index is 0.495. The highest BCUT2D eigenvalue weighted by molar-refractivity contribution is 8.00. The van der Waals surface area contributed by atoms with E-state index in [1.54, 1.807) is 0 Å². The molecule has 3 heteroatoms. The number of fused-ring (bicyclic) bond motifs is 2. The maximum Gasteiger partial charge on any atom is 0.0175 e. The van der Waals surface area contributed by atoms with E-state index in [-0.39, 0.29) is 0 Å². The Hall–Kier alpha value is 0.270. The van der Waals surface area contributed by atoms with Crippen molar-refractivity contribution in [2.75, 3.05) is 12.3 Å². The number of thioether (sulfide) groups is 1. The molecule has 3 aliphatic heterocycles. The van der Waals surface area contributed by atoms with Crippen molar-refractivity contribution in [3.05, 3.63) is 0 Å². The van der Waals surface area contributed by atoms with E-state index in [0.29, 0.717) is 6.04 Å². The first-order valence-electron chi connectivity index (χ1n) is 6.46. The smallest absolute Gasteiger partial charge is 0.0175 e. The van der Waals surface area contributed by atoms with Gasteiger partial charge in [-0.3, -0.25) is 4.90 Å². The molecule has 0 aromatic carbocycles. The van der Waals surface area contributed by atoms with Crippen LogP contribution in [0.5, 0.6) is 0 Å². The Morgan fingerprint density at radius 2 is 1.87 bits per heavy atom. The summed E-state index contributed by atoms with van der Waals surface area (Å²) < 4.78 is 0. The molecule has 3 heterocycles. The lowest BCUT2D eigenvalue weighted by Gasteiger charge is -2.38. The number of rotatable bonds is 2. The molecule has 0 aliphatic carbocycles. The highest BCUT2D eigenvalue weighted by atomic mass is 32.2. The fraction of sp³-hybridized carbons (Fsp3) is 1.00. The van der Waals surface area contributed by atoms with E-state index in [0.717, 1.165) is 17.3 Å². The molecule has 15 heavy (non-hydrogen) atoms. The molecule has 3 saturated heterocycles. The minimum absolute atomic E-state index is 0.495. The summed E-state index contributed by atoms with van der Waals surface area (Å²) in [6.07, 6.45) is 8.23. The first-order valence-corrected chi connectivity index (χ1v) is 7.51. The van der Waals surface area contributed by atoms with Crippen LogP contribution in [-0.4, -0.2) is 40.6 Å². The number of nitrogens with zero attached hydrogens (tertiary/aromatic N) is 1. The average Bonchev–Trinajstić information content (AvgIpc) is 2.77. The van der Waals surface area contributed by atoms with Gasteiger partial charge in [0.1, 0.15) is 0 Å². The number of piperidine rings is 1. The van der Waals surface area contributed by atoms with Crippen LogP contribution in [0.3, 0.4) is 0 Å². The molecule has 2 N–H and O–H groups in total. The van der Waals surface area contributed by atoms with Crippen LogP contribution >= 0.6 is 11.8 Å². The zero-order valence-electron chi connectivity index (χ0n) is 9.40. The molecule has 2 bridgehead atoms. The lowest BCUT2D eigenvalue weighted by Crippen LogP contribution is -2.49. The summed E-state index contributed by atoms with van der Waals surface area (Å²) in [6.45, 7) is 1.35.